The molecule has 172 valence electrons. The topological polar surface area (TPSA) is 87.2 Å². The second-order valence-corrected chi connectivity index (χ2v) is 10.9. The van der Waals surface area contributed by atoms with E-state index in [4.69, 9.17) is 16.4 Å². The number of anilines is 1. The number of carbonyl (C=O) groups excluding carboxylic acids is 2. The second-order valence-electron chi connectivity index (χ2n) is 7.47. The van der Waals surface area contributed by atoms with Crippen molar-refractivity contribution >= 4 is 57.1 Å². The van der Waals surface area contributed by atoms with E-state index in [0.29, 0.717) is 25.9 Å². The molecule has 0 N–H and O–H groups in total. The Balaban J connectivity index is 1.79. The lowest BCUT2D eigenvalue weighted by Gasteiger charge is -2.24. The minimum Gasteiger partial charge on any atom is -0.355 e. The molecule has 3 rings (SSSR count). The monoisotopic (exact) mass is 497 g/mol. The summed E-state index contributed by atoms with van der Waals surface area (Å²) in [7, 11) is -0.247. The number of hydrogen-bond donors (Lipinski definition) is 0. The van der Waals surface area contributed by atoms with Crippen LogP contribution in [-0.2, 0) is 24.4 Å². The Hall–Kier alpha value is -2.24. The zero-order chi connectivity index (χ0) is 23.5. The molecule has 2 heterocycles. The Morgan fingerprint density at radius 1 is 1.22 bits per heavy atom. The number of benzene rings is 1. The third-order valence-electron chi connectivity index (χ3n) is 5.29. The van der Waals surface area contributed by atoms with Crippen LogP contribution in [0.2, 0.25) is 4.34 Å². The Bertz CT molecular complexity index is 1100. The number of thiophene rings is 1. The van der Waals surface area contributed by atoms with Crippen molar-refractivity contribution < 1.29 is 22.8 Å². The van der Waals surface area contributed by atoms with Gasteiger partial charge in [0.15, 0.2) is 0 Å². The van der Waals surface area contributed by atoms with Crippen LogP contribution < -0.4 is 4.90 Å². The Kier molecular flexibility index (Phi) is 7.73. The van der Waals surface area contributed by atoms with Crippen molar-refractivity contribution in [2.24, 2.45) is 0 Å². The largest absolute Gasteiger partial charge is 0.355 e. The predicted molar refractivity (Wildman–Crippen MR) is 126 cm³/mol. The standard InChI is InChI=1S/C21H24ClN3O5S2/c1-15(23(2)3)16-4-6-17(7-5-16)24-12-10-19(21(24)27)25(30-14-26)32(28,29)13-11-18-8-9-20(22)31-18/h4-9,11,13-15,19H,10,12H2,1-3H3/b13-11+/t15-,19+/m1/s1. The molecular formula is C21H24ClN3O5S2. The van der Waals surface area contributed by atoms with Crippen molar-refractivity contribution in [2.45, 2.75) is 25.4 Å². The molecule has 0 saturated carbocycles. The number of hydrogen-bond acceptors (Lipinski definition) is 7. The summed E-state index contributed by atoms with van der Waals surface area (Å²) in [5.74, 6) is -0.462. The average molecular weight is 498 g/mol. The van der Waals surface area contributed by atoms with Gasteiger partial charge in [-0.15, -0.1) is 11.3 Å². The maximum atomic E-state index is 13.0. The quantitative estimate of drug-likeness (QED) is 0.389. The van der Waals surface area contributed by atoms with E-state index in [2.05, 4.69) is 11.8 Å². The lowest BCUT2D eigenvalue weighted by molar-refractivity contribution is -0.160. The molecule has 1 aliphatic rings. The number of hydroxylamine groups is 1. The number of carbonyl (C=O) groups is 2. The van der Waals surface area contributed by atoms with Crippen LogP contribution in [0.25, 0.3) is 6.08 Å². The summed E-state index contributed by atoms with van der Waals surface area (Å²) in [6, 6.07) is 9.89. The number of halogens is 1. The molecule has 32 heavy (non-hydrogen) atoms. The highest BCUT2D eigenvalue weighted by atomic mass is 35.5. The first-order chi connectivity index (χ1) is 15.1. The summed E-state index contributed by atoms with van der Waals surface area (Å²) < 4.78 is 26.6. The zero-order valence-electron chi connectivity index (χ0n) is 17.8. The number of amides is 1. The molecule has 0 aliphatic carbocycles. The molecule has 1 saturated heterocycles. The lowest BCUT2D eigenvalue weighted by atomic mass is 10.1. The number of rotatable bonds is 9. The van der Waals surface area contributed by atoms with Gasteiger partial charge in [0.1, 0.15) is 6.04 Å². The fourth-order valence-electron chi connectivity index (χ4n) is 3.33. The van der Waals surface area contributed by atoms with Gasteiger partial charge in [-0.05, 0) is 67.8 Å². The van der Waals surface area contributed by atoms with Crippen molar-refractivity contribution in [1.82, 2.24) is 9.37 Å². The Morgan fingerprint density at radius 3 is 2.47 bits per heavy atom. The fourth-order valence-corrected chi connectivity index (χ4v) is 5.53. The van der Waals surface area contributed by atoms with Crippen molar-refractivity contribution in [3.05, 3.63) is 56.6 Å². The van der Waals surface area contributed by atoms with E-state index in [1.165, 1.54) is 22.3 Å². The molecule has 8 nitrogen and oxygen atoms in total. The van der Waals surface area contributed by atoms with E-state index in [1.807, 2.05) is 38.4 Å². The molecule has 11 heteroatoms. The highest BCUT2D eigenvalue weighted by molar-refractivity contribution is 7.92. The molecule has 1 aromatic heterocycles. The molecule has 2 aromatic rings. The van der Waals surface area contributed by atoms with Crippen LogP contribution in [0.4, 0.5) is 5.69 Å². The van der Waals surface area contributed by atoms with E-state index in [1.54, 1.807) is 12.1 Å². The summed E-state index contributed by atoms with van der Waals surface area (Å²) in [4.78, 5) is 33.0. The average Bonchev–Trinajstić information content (AvgIpc) is 3.35. The third-order valence-corrected chi connectivity index (χ3v) is 7.81. The summed E-state index contributed by atoms with van der Waals surface area (Å²) >= 11 is 7.06. The molecule has 1 fully saturated rings. The zero-order valence-corrected chi connectivity index (χ0v) is 20.2. The first kappa shape index (κ1) is 24.4. The van der Waals surface area contributed by atoms with Crippen molar-refractivity contribution in [3.8, 4) is 0 Å². The van der Waals surface area contributed by atoms with Gasteiger partial charge in [-0.1, -0.05) is 23.7 Å². The second kappa shape index (κ2) is 10.1. The summed E-state index contributed by atoms with van der Waals surface area (Å²) in [6.07, 6.45) is 1.52. The van der Waals surface area contributed by atoms with Crippen LogP contribution in [0.1, 0.15) is 29.8 Å². The van der Waals surface area contributed by atoms with Gasteiger partial charge in [-0.3, -0.25) is 9.59 Å². The highest BCUT2D eigenvalue weighted by Gasteiger charge is 2.43. The van der Waals surface area contributed by atoms with Crippen LogP contribution >= 0.6 is 22.9 Å². The molecule has 1 aromatic carbocycles. The first-order valence-corrected chi connectivity index (χ1v) is 12.5. The molecule has 1 amide bonds. The highest BCUT2D eigenvalue weighted by Crippen LogP contribution is 2.29. The number of sulfonamides is 1. The van der Waals surface area contributed by atoms with E-state index in [0.717, 1.165) is 11.0 Å². The van der Waals surface area contributed by atoms with Crippen LogP contribution in [0, 0.1) is 0 Å². The van der Waals surface area contributed by atoms with Crippen molar-refractivity contribution in [2.75, 3.05) is 25.5 Å². The first-order valence-electron chi connectivity index (χ1n) is 9.80. The van der Waals surface area contributed by atoms with Crippen LogP contribution in [0.3, 0.4) is 0 Å². The van der Waals surface area contributed by atoms with E-state index < -0.39 is 22.0 Å². The maximum absolute atomic E-state index is 13.0. The minimum atomic E-state index is -4.21. The molecular weight excluding hydrogens is 474 g/mol. The van der Waals surface area contributed by atoms with Crippen LogP contribution in [-0.4, -0.2) is 56.8 Å². The maximum Gasteiger partial charge on any atom is 0.314 e. The van der Waals surface area contributed by atoms with Gasteiger partial charge in [0.25, 0.3) is 10.0 Å². The molecule has 0 bridgehead atoms. The fraction of sp³-hybridized carbons (Fsp3) is 0.333. The van der Waals surface area contributed by atoms with E-state index in [-0.39, 0.29) is 18.9 Å². The minimum absolute atomic E-state index is 0.000765. The van der Waals surface area contributed by atoms with Crippen LogP contribution in [0.15, 0.2) is 41.8 Å². The number of nitrogens with zero attached hydrogens (tertiary/aromatic N) is 3. The summed E-state index contributed by atoms with van der Waals surface area (Å²) in [5, 5.41) is 0.895. The third kappa shape index (κ3) is 5.38. The molecule has 2 atom stereocenters. The molecule has 0 spiro atoms. The molecule has 0 unspecified atom stereocenters. The van der Waals surface area contributed by atoms with Gasteiger partial charge in [0, 0.05) is 23.2 Å². The lowest BCUT2D eigenvalue weighted by Crippen LogP contribution is -2.44. The predicted octanol–water partition coefficient (Wildman–Crippen LogP) is 3.52. The SMILES string of the molecule is C[C@H](c1ccc(N2CC[C@H](N(OC=O)S(=O)(=O)/C=C/c3ccc(Cl)s3)C2=O)cc1)N(C)C. The van der Waals surface area contributed by atoms with E-state index >= 15 is 0 Å². The summed E-state index contributed by atoms with van der Waals surface area (Å²) in [6.45, 7) is 2.37. The van der Waals surface area contributed by atoms with Crippen molar-refractivity contribution in [1.29, 1.82) is 0 Å². The van der Waals surface area contributed by atoms with Gasteiger partial charge in [-0.25, -0.2) is 8.42 Å². The van der Waals surface area contributed by atoms with E-state index in [9.17, 15) is 18.0 Å². The van der Waals surface area contributed by atoms with Gasteiger partial charge in [0.2, 0.25) is 5.91 Å². The van der Waals surface area contributed by atoms with Gasteiger partial charge < -0.3 is 14.6 Å². The van der Waals surface area contributed by atoms with Crippen LogP contribution in [0.5, 0.6) is 0 Å². The van der Waals surface area contributed by atoms with Gasteiger partial charge >= 0.3 is 6.47 Å². The van der Waals surface area contributed by atoms with Gasteiger partial charge in [0.05, 0.1) is 9.74 Å². The Morgan fingerprint density at radius 2 is 1.91 bits per heavy atom. The van der Waals surface area contributed by atoms with Gasteiger partial charge in [-0.2, -0.15) is 0 Å². The normalized spacial score (nSPS) is 18.1. The van der Waals surface area contributed by atoms with Crippen molar-refractivity contribution in [3.63, 3.8) is 0 Å². The molecule has 0 radical (unpaired) electrons. The Labute approximate surface area is 196 Å². The smallest absolute Gasteiger partial charge is 0.314 e. The summed E-state index contributed by atoms with van der Waals surface area (Å²) in [5.41, 5.74) is 1.74. The molecule has 1 aliphatic heterocycles.